The number of hydrogen-bond donors (Lipinski definition) is 2. The van der Waals surface area contributed by atoms with Gasteiger partial charge in [0.25, 0.3) is 5.56 Å². The second-order valence-electron chi connectivity index (χ2n) is 6.91. The molecular formula is C21H27N5O4. The summed E-state index contributed by atoms with van der Waals surface area (Å²) >= 11 is 0. The molecule has 160 valence electrons. The number of rotatable bonds is 10. The van der Waals surface area contributed by atoms with Crippen molar-refractivity contribution in [1.29, 1.82) is 0 Å². The van der Waals surface area contributed by atoms with Crippen molar-refractivity contribution in [3.63, 3.8) is 0 Å². The summed E-state index contributed by atoms with van der Waals surface area (Å²) in [6.07, 6.45) is 3.61. The van der Waals surface area contributed by atoms with E-state index in [1.807, 2.05) is 19.1 Å². The summed E-state index contributed by atoms with van der Waals surface area (Å²) in [5, 5.41) is 12.5. The van der Waals surface area contributed by atoms with Crippen LogP contribution in [0.3, 0.4) is 0 Å². The van der Waals surface area contributed by atoms with Crippen molar-refractivity contribution < 1.29 is 14.6 Å². The molecule has 1 atom stereocenters. The first kappa shape index (κ1) is 21.7. The third-order valence-electron chi connectivity index (χ3n) is 4.45. The van der Waals surface area contributed by atoms with Crippen molar-refractivity contribution in [3.8, 4) is 17.1 Å². The van der Waals surface area contributed by atoms with Crippen molar-refractivity contribution in [3.05, 3.63) is 40.9 Å². The van der Waals surface area contributed by atoms with Crippen LogP contribution in [0.1, 0.15) is 20.3 Å². The smallest absolute Gasteiger partial charge is 0.293 e. The lowest BCUT2D eigenvalue weighted by Gasteiger charge is -2.14. The molecule has 9 nitrogen and oxygen atoms in total. The molecule has 30 heavy (non-hydrogen) atoms. The maximum atomic E-state index is 13.0. The minimum atomic E-state index is -0.605. The van der Waals surface area contributed by atoms with Gasteiger partial charge in [-0.3, -0.25) is 9.78 Å². The summed E-state index contributed by atoms with van der Waals surface area (Å²) in [5.74, 6) is 0.694. The number of aliphatic hydroxyl groups excluding tert-OH is 1. The molecule has 0 aliphatic rings. The Balaban J connectivity index is 2.03. The van der Waals surface area contributed by atoms with E-state index in [0.29, 0.717) is 42.4 Å². The van der Waals surface area contributed by atoms with E-state index in [0.717, 1.165) is 12.0 Å². The minimum Gasteiger partial charge on any atom is -0.481 e. The molecule has 2 N–H and O–H groups in total. The standard InChI is InChI=1S/C21H27N5O4/c1-4-8-30-9-7-26-18-10-16(15-5-6-19(29-3)23-12-15)22-13-17(18)25-20(21(26)28)24-11-14(2)27/h5-6,10,12-14,27H,4,7-9,11H2,1-3H3,(H,24,25)/t14-/m0/s1. The van der Waals surface area contributed by atoms with Crippen LogP contribution in [0, 0.1) is 0 Å². The van der Waals surface area contributed by atoms with Gasteiger partial charge in [-0.1, -0.05) is 6.92 Å². The average molecular weight is 413 g/mol. The summed E-state index contributed by atoms with van der Waals surface area (Å²) in [7, 11) is 1.56. The van der Waals surface area contributed by atoms with Gasteiger partial charge in [0.2, 0.25) is 5.88 Å². The third kappa shape index (κ3) is 5.11. The zero-order chi connectivity index (χ0) is 21.5. The number of ether oxygens (including phenoxy) is 2. The molecule has 0 amide bonds. The summed E-state index contributed by atoms with van der Waals surface area (Å²) < 4.78 is 12.3. The molecule has 0 saturated heterocycles. The van der Waals surface area contributed by atoms with Crippen LogP contribution in [0.25, 0.3) is 22.3 Å². The lowest BCUT2D eigenvalue weighted by atomic mass is 10.2. The predicted octanol–water partition coefficient (Wildman–Crippen LogP) is 2.08. The Kier molecular flexibility index (Phi) is 7.31. The first-order chi connectivity index (χ1) is 14.5. The summed E-state index contributed by atoms with van der Waals surface area (Å²) in [4.78, 5) is 26.2. The first-order valence-electron chi connectivity index (χ1n) is 9.94. The highest BCUT2D eigenvalue weighted by atomic mass is 16.5. The molecule has 3 aromatic heterocycles. The first-order valence-corrected chi connectivity index (χ1v) is 9.94. The topological polar surface area (TPSA) is 111 Å². The molecule has 0 aromatic carbocycles. The quantitative estimate of drug-likeness (QED) is 0.486. The van der Waals surface area contributed by atoms with E-state index in [4.69, 9.17) is 9.47 Å². The van der Waals surface area contributed by atoms with Gasteiger partial charge in [-0.05, 0) is 25.5 Å². The molecule has 0 bridgehead atoms. The molecule has 3 rings (SSSR count). The number of hydrogen-bond acceptors (Lipinski definition) is 8. The molecule has 0 spiro atoms. The van der Waals surface area contributed by atoms with E-state index in [2.05, 4.69) is 20.3 Å². The van der Waals surface area contributed by atoms with Gasteiger partial charge in [-0.15, -0.1) is 0 Å². The van der Waals surface area contributed by atoms with Gasteiger partial charge in [-0.2, -0.15) is 0 Å². The van der Waals surface area contributed by atoms with Crippen LogP contribution in [0.2, 0.25) is 0 Å². The van der Waals surface area contributed by atoms with Crippen molar-refractivity contribution in [2.24, 2.45) is 0 Å². The number of aromatic nitrogens is 4. The van der Waals surface area contributed by atoms with Crippen LogP contribution >= 0.6 is 0 Å². The second kappa shape index (κ2) is 10.1. The van der Waals surface area contributed by atoms with E-state index in [1.165, 1.54) is 0 Å². The van der Waals surface area contributed by atoms with E-state index < -0.39 is 6.10 Å². The molecular weight excluding hydrogens is 386 g/mol. The Bertz CT molecular complexity index is 1030. The Morgan fingerprint density at radius 1 is 1.23 bits per heavy atom. The van der Waals surface area contributed by atoms with Gasteiger partial charge >= 0.3 is 0 Å². The fraction of sp³-hybridized carbons (Fsp3) is 0.429. The van der Waals surface area contributed by atoms with E-state index in [1.54, 1.807) is 37.1 Å². The van der Waals surface area contributed by atoms with Gasteiger partial charge in [0.05, 0.1) is 37.2 Å². The van der Waals surface area contributed by atoms with Crippen LogP contribution in [0.5, 0.6) is 5.88 Å². The normalized spacial score (nSPS) is 12.1. The van der Waals surface area contributed by atoms with E-state index >= 15 is 0 Å². The molecule has 0 unspecified atom stereocenters. The van der Waals surface area contributed by atoms with E-state index in [9.17, 15) is 9.90 Å². The molecule has 3 aromatic rings. The third-order valence-corrected chi connectivity index (χ3v) is 4.45. The summed E-state index contributed by atoms with van der Waals surface area (Å²) in [5.41, 5.74) is 2.43. The van der Waals surface area contributed by atoms with Crippen molar-refractivity contribution in [2.75, 3.05) is 32.2 Å². The number of aliphatic hydroxyl groups is 1. The molecule has 0 fully saturated rings. The largest absolute Gasteiger partial charge is 0.481 e. The summed E-state index contributed by atoms with van der Waals surface area (Å²) in [6.45, 7) is 5.32. The van der Waals surface area contributed by atoms with Crippen molar-refractivity contribution in [2.45, 2.75) is 32.9 Å². The molecule has 0 aliphatic carbocycles. The second-order valence-corrected chi connectivity index (χ2v) is 6.91. The fourth-order valence-electron chi connectivity index (χ4n) is 2.94. The van der Waals surface area contributed by atoms with Gasteiger partial charge < -0.3 is 24.5 Å². The van der Waals surface area contributed by atoms with Crippen LogP contribution in [0.15, 0.2) is 35.4 Å². The number of nitrogens with one attached hydrogen (secondary N) is 1. The molecule has 3 heterocycles. The monoisotopic (exact) mass is 413 g/mol. The van der Waals surface area contributed by atoms with Crippen LogP contribution in [0.4, 0.5) is 5.82 Å². The highest BCUT2D eigenvalue weighted by Crippen LogP contribution is 2.22. The van der Waals surface area contributed by atoms with Gasteiger partial charge in [0, 0.05) is 37.5 Å². The zero-order valence-electron chi connectivity index (χ0n) is 17.5. The summed E-state index contributed by atoms with van der Waals surface area (Å²) in [6, 6.07) is 5.44. The van der Waals surface area contributed by atoms with Crippen LogP contribution in [-0.2, 0) is 11.3 Å². The van der Waals surface area contributed by atoms with Gasteiger partial charge in [-0.25, -0.2) is 9.97 Å². The zero-order valence-corrected chi connectivity index (χ0v) is 17.5. The van der Waals surface area contributed by atoms with Gasteiger partial charge in [0.15, 0.2) is 5.82 Å². The highest BCUT2D eigenvalue weighted by Gasteiger charge is 2.14. The SMILES string of the molecule is CCCOCCn1c(=O)c(NC[C@H](C)O)nc2cnc(-c3ccc(OC)nc3)cc21. The molecule has 0 radical (unpaired) electrons. The predicted molar refractivity (Wildman–Crippen MR) is 115 cm³/mol. The lowest BCUT2D eigenvalue weighted by molar-refractivity contribution is 0.127. The van der Waals surface area contributed by atoms with Crippen LogP contribution < -0.4 is 15.6 Å². The highest BCUT2D eigenvalue weighted by molar-refractivity contribution is 5.80. The Labute approximate surface area is 174 Å². The number of fused-ring (bicyclic) bond motifs is 1. The Hall–Kier alpha value is -3.04. The van der Waals surface area contributed by atoms with Crippen LogP contribution in [-0.4, -0.2) is 57.6 Å². The lowest BCUT2D eigenvalue weighted by Crippen LogP contribution is -2.29. The number of nitrogens with zero attached hydrogens (tertiary/aromatic N) is 4. The molecule has 0 saturated carbocycles. The van der Waals surface area contributed by atoms with Crippen molar-refractivity contribution in [1.82, 2.24) is 19.5 Å². The van der Waals surface area contributed by atoms with Crippen molar-refractivity contribution >= 4 is 16.9 Å². The Morgan fingerprint density at radius 3 is 2.73 bits per heavy atom. The van der Waals surface area contributed by atoms with E-state index in [-0.39, 0.29) is 17.9 Å². The number of pyridine rings is 2. The Morgan fingerprint density at radius 2 is 2.07 bits per heavy atom. The molecule has 0 aliphatic heterocycles. The number of anilines is 1. The maximum absolute atomic E-state index is 13.0. The minimum absolute atomic E-state index is 0.180. The fourth-order valence-corrected chi connectivity index (χ4v) is 2.94. The van der Waals surface area contributed by atoms with Gasteiger partial charge in [0.1, 0.15) is 5.52 Å². The maximum Gasteiger partial charge on any atom is 0.293 e. The average Bonchev–Trinajstić information content (AvgIpc) is 2.76. The number of methoxy groups -OCH3 is 1. The molecule has 9 heteroatoms.